The molecule has 0 radical (unpaired) electrons. The molecule has 1 aliphatic rings. The summed E-state index contributed by atoms with van der Waals surface area (Å²) in [6.45, 7) is 6.13. The highest BCUT2D eigenvalue weighted by Crippen LogP contribution is 2.31. The summed E-state index contributed by atoms with van der Waals surface area (Å²) in [4.78, 5) is 6.96. The maximum Gasteiger partial charge on any atom is 0.186 e. The standard InChI is InChI=1S/C13H16N2O2S/c1-2-17-10-3-4-11-12(9-10)18-13(14-11)15-5-7-16-8-6-15/h3-4,9H,2,5-8H2,1H3. The maximum atomic E-state index is 5.51. The van der Waals surface area contributed by atoms with Gasteiger partial charge < -0.3 is 14.4 Å². The van der Waals surface area contributed by atoms with Crippen molar-refractivity contribution in [2.45, 2.75) is 6.92 Å². The number of benzene rings is 1. The van der Waals surface area contributed by atoms with E-state index < -0.39 is 0 Å². The lowest BCUT2D eigenvalue weighted by atomic mass is 10.3. The van der Waals surface area contributed by atoms with E-state index >= 15 is 0 Å². The van der Waals surface area contributed by atoms with Gasteiger partial charge in [-0.3, -0.25) is 0 Å². The minimum atomic E-state index is 0.695. The first kappa shape index (κ1) is 11.7. The van der Waals surface area contributed by atoms with Gasteiger partial charge >= 0.3 is 0 Å². The number of fused-ring (bicyclic) bond motifs is 1. The number of rotatable bonds is 3. The molecule has 0 unspecified atom stereocenters. The second-order valence-electron chi connectivity index (χ2n) is 4.16. The highest BCUT2D eigenvalue weighted by molar-refractivity contribution is 7.22. The van der Waals surface area contributed by atoms with Gasteiger partial charge in [0, 0.05) is 13.1 Å². The fourth-order valence-corrected chi connectivity index (χ4v) is 3.08. The highest BCUT2D eigenvalue weighted by atomic mass is 32.1. The van der Waals surface area contributed by atoms with Gasteiger partial charge in [-0.05, 0) is 25.1 Å². The molecule has 0 N–H and O–H groups in total. The molecule has 2 aromatic rings. The van der Waals surface area contributed by atoms with Crippen LogP contribution in [0.3, 0.4) is 0 Å². The molecule has 1 aromatic carbocycles. The van der Waals surface area contributed by atoms with Crippen molar-refractivity contribution in [3.63, 3.8) is 0 Å². The lowest BCUT2D eigenvalue weighted by Gasteiger charge is -2.25. The van der Waals surface area contributed by atoms with Crippen molar-refractivity contribution in [1.82, 2.24) is 4.98 Å². The quantitative estimate of drug-likeness (QED) is 0.853. The summed E-state index contributed by atoms with van der Waals surface area (Å²) in [5.41, 5.74) is 1.05. The molecule has 0 amide bonds. The Bertz CT molecular complexity index is 535. The Balaban J connectivity index is 1.89. The molecule has 5 heteroatoms. The third-order valence-corrected chi connectivity index (χ3v) is 4.02. The van der Waals surface area contributed by atoms with E-state index in [-0.39, 0.29) is 0 Å². The van der Waals surface area contributed by atoms with E-state index in [1.54, 1.807) is 11.3 Å². The molecule has 0 atom stereocenters. The van der Waals surface area contributed by atoms with Crippen LogP contribution in [-0.4, -0.2) is 37.9 Å². The Hall–Kier alpha value is -1.33. The summed E-state index contributed by atoms with van der Waals surface area (Å²) >= 11 is 1.72. The minimum Gasteiger partial charge on any atom is -0.494 e. The zero-order valence-corrected chi connectivity index (χ0v) is 11.2. The normalized spacial score (nSPS) is 16.2. The van der Waals surface area contributed by atoms with E-state index in [2.05, 4.69) is 16.0 Å². The van der Waals surface area contributed by atoms with E-state index in [1.165, 1.54) is 4.70 Å². The largest absolute Gasteiger partial charge is 0.494 e. The van der Waals surface area contributed by atoms with Gasteiger partial charge in [0.2, 0.25) is 0 Å². The first-order valence-corrected chi connectivity index (χ1v) is 7.04. The Morgan fingerprint density at radius 1 is 1.39 bits per heavy atom. The SMILES string of the molecule is CCOc1ccc2nc(N3CCOCC3)sc2c1. The van der Waals surface area contributed by atoms with Gasteiger partial charge in [0.05, 0.1) is 30.0 Å². The summed E-state index contributed by atoms with van der Waals surface area (Å²) in [5, 5.41) is 1.09. The van der Waals surface area contributed by atoms with Crippen LogP contribution in [0, 0.1) is 0 Å². The number of nitrogens with zero attached hydrogens (tertiary/aromatic N) is 2. The predicted octanol–water partition coefficient (Wildman–Crippen LogP) is 2.53. The number of ether oxygens (including phenoxy) is 2. The molecule has 0 aliphatic carbocycles. The Kier molecular flexibility index (Phi) is 3.34. The third-order valence-electron chi connectivity index (χ3n) is 2.94. The number of hydrogen-bond donors (Lipinski definition) is 0. The van der Waals surface area contributed by atoms with Gasteiger partial charge in [0.15, 0.2) is 5.13 Å². The van der Waals surface area contributed by atoms with E-state index in [9.17, 15) is 0 Å². The minimum absolute atomic E-state index is 0.695. The van der Waals surface area contributed by atoms with Crippen molar-refractivity contribution in [2.24, 2.45) is 0 Å². The van der Waals surface area contributed by atoms with Crippen LogP contribution in [0.4, 0.5) is 5.13 Å². The molecule has 4 nitrogen and oxygen atoms in total. The molecule has 1 aliphatic heterocycles. The molecular formula is C13H16N2O2S. The second-order valence-corrected chi connectivity index (χ2v) is 5.17. The summed E-state index contributed by atoms with van der Waals surface area (Å²) < 4.78 is 12.1. The molecule has 18 heavy (non-hydrogen) atoms. The number of anilines is 1. The van der Waals surface area contributed by atoms with E-state index in [0.717, 1.165) is 42.7 Å². The van der Waals surface area contributed by atoms with Crippen LogP contribution in [0.25, 0.3) is 10.2 Å². The van der Waals surface area contributed by atoms with Crippen LogP contribution in [0.1, 0.15) is 6.92 Å². The first-order chi connectivity index (χ1) is 8.86. The topological polar surface area (TPSA) is 34.6 Å². The van der Waals surface area contributed by atoms with Crippen molar-refractivity contribution in [3.05, 3.63) is 18.2 Å². The molecular weight excluding hydrogens is 248 g/mol. The summed E-state index contributed by atoms with van der Waals surface area (Å²) in [7, 11) is 0. The predicted molar refractivity (Wildman–Crippen MR) is 73.8 cm³/mol. The van der Waals surface area contributed by atoms with Crippen molar-refractivity contribution >= 4 is 26.7 Å². The van der Waals surface area contributed by atoms with Gasteiger partial charge in [0.25, 0.3) is 0 Å². The lowest BCUT2D eigenvalue weighted by Crippen LogP contribution is -2.36. The molecule has 0 saturated carbocycles. The summed E-state index contributed by atoms with van der Waals surface area (Å²) in [6, 6.07) is 6.08. The number of aromatic nitrogens is 1. The zero-order valence-electron chi connectivity index (χ0n) is 10.4. The van der Waals surface area contributed by atoms with E-state index in [1.807, 2.05) is 19.1 Å². The summed E-state index contributed by atoms with van der Waals surface area (Å²) in [6.07, 6.45) is 0. The van der Waals surface area contributed by atoms with E-state index in [4.69, 9.17) is 9.47 Å². The van der Waals surface area contributed by atoms with Gasteiger partial charge in [-0.2, -0.15) is 0 Å². The Morgan fingerprint density at radius 3 is 3.00 bits per heavy atom. The zero-order chi connectivity index (χ0) is 12.4. The fraction of sp³-hybridized carbons (Fsp3) is 0.462. The number of thiazole rings is 1. The lowest BCUT2D eigenvalue weighted by molar-refractivity contribution is 0.122. The molecule has 0 bridgehead atoms. The van der Waals surface area contributed by atoms with Crippen molar-refractivity contribution in [3.8, 4) is 5.75 Å². The van der Waals surface area contributed by atoms with Crippen molar-refractivity contribution < 1.29 is 9.47 Å². The molecule has 0 spiro atoms. The van der Waals surface area contributed by atoms with Crippen molar-refractivity contribution in [1.29, 1.82) is 0 Å². The van der Waals surface area contributed by atoms with Gasteiger partial charge in [-0.15, -0.1) is 0 Å². The maximum absolute atomic E-state index is 5.51. The Labute approximate surface area is 110 Å². The Morgan fingerprint density at radius 2 is 2.22 bits per heavy atom. The monoisotopic (exact) mass is 264 g/mol. The number of hydrogen-bond acceptors (Lipinski definition) is 5. The molecule has 1 saturated heterocycles. The fourth-order valence-electron chi connectivity index (χ4n) is 2.04. The molecule has 2 heterocycles. The van der Waals surface area contributed by atoms with Gasteiger partial charge in [-0.1, -0.05) is 11.3 Å². The molecule has 1 fully saturated rings. The summed E-state index contributed by atoms with van der Waals surface area (Å²) in [5.74, 6) is 0.919. The van der Waals surface area contributed by atoms with Crippen LogP contribution in [-0.2, 0) is 4.74 Å². The smallest absolute Gasteiger partial charge is 0.186 e. The molecule has 96 valence electrons. The first-order valence-electron chi connectivity index (χ1n) is 6.23. The van der Waals surface area contributed by atoms with Gasteiger partial charge in [-0.25, -0.2) is 4.98 Å². The second kappa shape index (κ2) is 5.12. The van der Waals surface area contributed by atoms with Crippen LogP contribution >= 0.6 is 11.3 Å². The molecule has 1 aromatic heterocycles. The number of morpholine rings is 1. The van der Waals surface area contributed by atoms with Crippen LogP contribution in [0.2, 0.25) is 0 Å². The average Bonchev–Trinajstić information content (AvgIpc) is 2.83. The van der Waals surface area contributed by atoms with Gasteiger partial charge in [0.1, 0.15) is 5.75 Å². The van der Waals surface area contributed by atoms with Crippen LogP contribution < -0.4 is 9.64 Å². The van der Waals surface area contributed by atoms with Crippen LogP contribution in [0.5, 0.6) is 5.75 Å². The van der Waals surface area contributed by atoms with Crippen LogP contribution in [0.15, 0.2) is 18.2 Å². The average molecular weight is 264 g/mol. The highest BCUT2D eigenvalue weighted by Gasteiger charge is 2.15. The van der Waals surface area contributed by atoms with Crippen molar-refractivity contribution in [2.75, 3.05) is 37.8 Å². The van der Waals surface area contributed by atoms with E-state index in [0.29, 0.717) is 6.61 Å². The third kappa shape index (κ3) is 2.28. The molecule has 3 rings (SSSR count).